The Morgan fingerprint density at radius 3 is 2.24 bits per heavy atom. The van der Waals surface area contributed by atoms with Crippen LogP contribution in [0, 0.1) is 11.8 Å². The van der Waals surface area contributed by atoms with Crippen LogP contribution >= 0.6 is 11.6 Å². The predicted octanol–water partition coefficient (Wildman–Crippen LogP) is 2.72. The first kappa shape index (κ1) is 14.1. The average Bonchev–Trinajstić information content (AvgIpc) is 2.72. The highest BCUT2D eigenvalue weighted by atomic mass is 35.5. The minimum atomic E-state index is -1.12. The third-order valence-corrected chi connectivity index (χ3v) is 4.59. The molecule has 0 bridgehead atoms. The van der Waals surface area contributed by atoms with Gasteiger partial charge in [-0.25, -0.2) is 9.69 Å². The maximum atomic E-state index is 12.5. The van der Waals surface area contributed by atoms with Crippen molar-refractivity contribution in [3.63, 3.8) is 0 Å². The molecule has 0 spiro atoms. The number of nitrogens with zero attached hydrogens (tertiary/aromatic N) is 1. The number of hydrogen-bond donors (Lipinski definition) is 1. The molecule has 2 aliphatic rings. The standard InChI is InChI=1S/C15H14ClNO4/c16-11-6-5-8(15(20)21)7-12(11)17-13(18)9-3-1-2-4-10(9)14(17)19/h5-7,9-10H,1-4H2,(H,20,21)/t9-,10-/m0/s1. The summed E-state index contributed by atoms with van der Waals surface area (Å²) in [6, 6.07) is 4.05. The third-order valence-electron chi connectivity index (χ3n) is 4.28. The number of carbonyl (C=O) groups is 3. The van der Waals surface area contributed by atoms with Crippen molar-refractivity contribution in [3.8, 4) is 0 Å². The number of benzene rings is 1. The van der Waals surface area contributed by atoms with Crippen molar-refractivity contribution in [1.29, 1.82) is 0 Å². The lowest BCUT2D eigenvalue weighted by Crippen LogP contribution is -2.31. The Kier molecular flexibility index (Phi) is 3.45. The molecule has 1 aromatic rings. The van der Waals surface area contributed by atoms with E-state index in [1.54, 1.807) is 0 Å². The van der Waals surface area contributed by atoms with Gasteiger partial charge in [-0.05, 0) is 31.0 Å². The van der Waals surface area contributed by atoms with Crippen molar-refractivity contribution in [2.24, 2.45) is 11.8 Å². The van der Waals surface area contributed by atoms with E-state index in [-0.39, 0.29) is 39.9 Å². The molecular weight excluding hydrogens is 294 g/mol. The minimum absolute atomic E-state index is 0.00451. The van der Waals surface area contributed by atoms with Gasteiger partial charge in [0.25, 0.3) is 0 Å². The number of imide groups is 1. The number of carboxylic acids is 1. The SMILES string of the molecule is O=C(O)c1ccc(Cl)c(N2C(=O)[C@H]3CCCC[C@@H]3C2=O)c1. The van der Waals surface area contributed by atoms with Crippen molar-refractivity contribution in [3.05, 3.63) is 28.8 Å². The largest absolute Gasteiger partial charge is 0.478 e. The monoisotopic (exact) mass is 307 g/mol. The van der Waals surface area contributed by atoms with Gasteiger partial charge in [0.2, 0.25) is 11.8 Å². The summed E-state index contributed by atoms with van der Waals surface area (Å²) < 4.78 is 0. The van der Waals surface area contributed by atoms with Gasteiger partial charge in [-0.2, -0.15) is 0 Å². The van der Waals surface area contributed by atoms with Crippen LogP contribution in [0.1, 0.15) is 36.0 Å². The molecule has 1 aromatic carbocycles. The molecule has 0 radical (unpaired) electrons. The highest BCUT2D eigenvalue weighted by molar-refractivity contribution is 6.36. The molecule has 3 rings (SSSR count). The fourth-order valence-electron chi connectivity index (χ4n) is 3.22. The number of hydrogen-bond acceptors (Lipinski definition) is 3. The number of fused-ring (bicyclic) bond motifs is 1. The molecule has 1 saturated carbocycles. The van der Waals surface area contributed by atoms with Crippen LogP contribution in [0.5, 0.6) is 0 Å². The molecule has 1 aliphatic heterocycles. The van der Waals surface area contributed by atoms with E-state index >= 15 is 0 Å². The van der Waals surface area contributed by atoms with Crippen molar-refractivity contribution >= 4 is 35.1 Å². The van der Waals surface area contributed by atoms with Gasteiger partial charge < -0.3 is 5.11 Å². The van der Waals surface area contributed by atoms with Crippen molar-refractivity contribution < 1.29 is 19.5 Å². The predicted molar refractivity (Wildman–Crippen MR) is 76.4 cm³/mol. The Labute approximate surface area is 126 Å². The van der Waals surface area contributed by atoms with Crippen LogP contribution in [0.15, 0.2) is 18.2 Å². The fourth-order valence-corrected chi connectivity index (χ4v) is 3.42. The summed E-state index contributed by atoms with van der Waals surface area (Å²) in [5.41, 5.74) is 0.186. The summed E-state index contributed by atoms with van der Waals surface area (Å²) in [5, 5.41) is 9.26. The second-order valence-electron chi connectivity index (χ2n) is 5.48. The molecule has 110 valence electrons. The van der Waals surface area contributed by atoms with Crippen LogP contribution in [-0.2, 0) is 9.59 Å². The smallest absolute Gasteiger partial charge is 0.335 e. The molecule has 6 heteroatoms. The van der Waals surface area contributed by atoms with Crippen molar-refractivity contribution in [2.75, 3.05) is 4.90 Å². The van der Waals surface area contributed by atoms with Crippen molar-refractivity contribution in [1.82, 2.24) is 0 Å². The van der Waals surface area contributed by atoms with Crippen LogP contribution in [0.4, 0.5) is 5.69 Å². The zero-order valence-corrected chi connectivity index (χ0v) is 12.0. The number of carbonyl (C=O) groups excluding carboxylic acids is 2. The Morgan fingerprint density at radius 1 is 1.14 bits per heavy atom. The number of halogens is 1. The van der Waals surface area contributed by atoms with E-state index in [1.165, 1.54) is 18.2 Å². The minimum Gasteiger partial charge on any atom is -0.478 e. The maximum absolute atomic E-state index is 12.5. The van der Waals surface area contributed by atoms with Crippen LogP contribution < -0.4 is 4.90 Å². The van der Waals surface area contributed by atoms with Crippen LogP contribution in [0.25, 0.3) is 0 Å². The van der Waals surface area contributed by atoms with E-state index in [9.17, 15) is 14.4 Å². The Hall–Kier alpha value is -1.88. The Morgan fingerprint density at radius 2 is 1.71 bits per heavy atom. The van der Waals surface area contributed by atoms with E-state index in [0.29, 0.717) is 12.8 Å². The second kappa shape index (κ2) is 5.15. The van der Waals surface area contributed by atoms with Gasteiger partial charge >= 0.3 is 5.97 Å². The molecule has 0 aromatic heterocycles. The summed E-state index contributed by atoms with van der Waals surface area (Å²) >= 11 is 6.07. The van der Waals surface area contributed by atoms with E-state index in [4.69, 9.17) is 16.7 Å². The zero-order chi connectivity index (χ0) is 15.1. The van der Waals surface area contributed by atoms with Gasteiger partial charge in [-0.15, -0.1) is 0 Å². The van der Waals surface area contributed by atoms with Crippen molar-refractivity contribution in [2.45, 2.75) is 25.7 Å². The van der Waals surface area contributed by atoms with Gasteiger partial charge in [0.15, 0.2) is 0 Å². The summed E-state index contributed by atoms with van der Waals surface area (Å²) in [6.45, 7) is 0. The molecule has 1 N–H and O–H groups in total. The summed E-state index contributed by atoms with van der Waals surface area (Å²) in [4.78, 5) is 37.1. The lowest BCUT2D eigenvalue weighted by molar-refractivity contribution is -0.122. The first-order chi connectivity index (χ1) is 10.0. The molecule has 21 heavy (non-hydrogen) atoms. The first-order valence-electron chi connectivity index (χ1n) is 6.91. The number of rotatable bonds is 2. The quantitative estimate of drug-likeness (QED) is 0.852. The molecule has 2 amide bonds. The Bertz CT molecular complexity index is 619. The van der Waals surface area contributed by atoms with Gasteiger partial charge in [-0.3, -0.25) is 9.59 Å². The number of carboxylic acid groups (broad SMARTS) is 1. The van der Waals surface area contributed by atoms with E-state index in [0.717, 1.165) is 17.7 Å². The molecule has 0 unspecified atom stereocenters. The average molecular weight is 308 g/mol. The van der Waals surface area contributed by atoms with Crippen LogP contribution in [0.2, 0.25) is 5.02 Å². The highest BCUT2D eigenvalue weighted by Crippen LogP contribution is 2.41. The summed E-state index contributed by atoms with van der Waals surface area (Å²) in [7, 11) is 0. The molecule has 1 saturated heterocycles. The van der Waals surface area contributed by atoms with E-state index < -0.39 is 5.97 Å². The topological polar surface area (TPSA) is 74.7 Å². The lowest BCUT2D eigenvalue weighted by atomic mass is 9.81. The molecule has 1 aliphatic carbocycles. The normalized spacial score (nSPS) is 25.1. The van der Waals surface area contributed by atoms with E-state index in [1.807, 2.05) is 0 Å². The molecular formula is C15H14ClNO4. The van der Waals surface area contributed by atoms with Crippen LogP contribution in [-0.4, -0.2) is 22.9 Å². The molecule has 2 atom stereocenters. The Balaban J connectivity index is 2.04. The van der Waals surface area contributed by atoms with E-state index in [2.05, 4.69) is 0 Å². The van der Waals surface area contributed by atoms with Gasteiger partial charge in [0.1, 0.15) is 0 Å². The molecule has 1 heterocycles. The number of amides is 2. The summed E-state index contributed by atoms with van der Waals surface area (Å²) in [6.07, 6.45) is 3.30. The second-order valence-corrected chi connectivity index (χ2v) is 5.89. The highest BCUT2D eigenvalue weighted by Gasteiger charge is 2.49. The zero-order valence-electron chi connectivity index (χ0n) is 11.2. The van der Waals surface area contributed by atoms with Gasteiger partial charge in [0, 0.05) is 0 Å². The molecule has 5 nitrogen and oxygen atoms in total. The molecule has 2 fully saturated rings. The number of aromatic carboxylic acids is 1. The summed E-state index contributed by atoms with van der Waals surface area (Å²) in [5.74, 6) is -2.20. The number of anilines is 1. The fraction of sp³-hybridized carbons (Fsp3) is 0.400. The first-order valence-corrected chi connectivity index (χ1v) is 7.29. The lowest BCUT2D eigenvalue weighted by Gasteiger charge is -2.19. The van der Waals surface area contributed by atoms with Gasteiger partial charge in [-0.1, -0.05) is 24.4 Å². The van der Waals surface area contributed by atoms with Gasteiger partial charge in [0.05, 0.1) is 28.1 Å². The maximum Gasteiger partial charge on any atom is 0.335 e. The van der Waals surface area contributed by atoms with Crippen LogP contribution in [0.3, 0.4) is 0 Å². The third kappa shape index (κ3) is 2.21.